The molecule has 1 aliphatic rings. The summed E-state index contributed by atoms with van der Waals surface area (Å²) in [6.45, 7) is 8.15. The lowest BCUT2D eigenvalue weighted by Crippen LogP contribution is -2.26. The minimum atomic E-state index is -0.539. The first kappa shape index (κ1) is 20.2. The van der Waals surface area contributed by atoms with Crippen molar-refractivity contribution in [2.45, 2.75) is 51.6 Å². The van der Waals surface area contributed by atoms with Gasteiger partial charge in [0.2, 0.25) is 0 Å². The van der Waals surface area contributed by atoms with E-state index in [4.69, 9.17) is 5.21 Å². The van der Waals surface area contributed by atoms with Crippen molar-refractivity contribution in [2.24, 2.45) is 0 Å². The second-order valence-corrected chi connectivity index (χ2v) is 8.09. The van der Waals surface area contributed by atoms with Gasteiger partial charge in [-0.3, -0.25) is 14.9 Å². The number of hydrogen-bond donors (Lipinski definition) is 2. The fourth-order valence-electron chi connectivity index (χ4n) is 3.38. The average molecular weight is 384 g/mol. The quantitative estimate of drug-likeness (QED) is 0.451. The predicted molar refractivity (Wildman–Crippen MR) is 105 cm³/mol. The summed E-state index contributed by atoms with van der Waals surface area (Å²) in [6, 6.07) is 8.57. The topological polar surface area (TPSA) is 96.2 Å². The van der Waals surface area contributed by atoms with E-state index in [1.54, 1.807) is 16.4 Å². The van der Waals surface area contributed by atoms with E-state index in [9.17, 15) is 4.79 Å². The molecule has 1 saturated heterocycles. The molecule has 8 nitrogen and oxygen atoms in total. The van der Waals surface area contributed by atoms with E-state index in [2.05, 4.69) is 53.2 Å². The van der Waals surface area contributed by atoms with Crippen molar-refractivity contribution < 1.29 is 10.0 Å². The lowest BCUT2D eigenvalue weighted by Gasteiger charge is -2.24. The predicted octanol–water partition coefficient (Wildman–Crippen LogP) is 2.33. The van der Waals surface area contributed by atoms with Crippen LogP contribution in [-0.4, -0.2) is 49.3 Å². The number of amides is 1. The molecule has 2 aromatic rings. The summed E-state index contributed by atoms with van der Waals surface area (Å²) < 4.78 is 0. The first-order valence-corrected chi connectivity index (χ1v) is 9.62. The maximum Gasteiger partial charge on any atom is 0.267 e. The monoisotopic (exact) mass is 384 g/mol. The first-order chi connectivity index (χ1) is 13.4. The Labute approximate surface area is 165 Å². The molecule has 2 heterocycles. The molecule has 8 heteroatoms. The molecule has 0 radical (unpaired) electrons. The molecule has 1 aromatic heterocycles. The Morgan fingerprint density at radius 2 is 2.07 bits per heavy atom. The number of nitrogens with zero attached hydrogens (tertiary/aromatic N) is 5. The van der Waals surface area contributed by atoms with E-state index in [1.165, 1.54) is 18.1 Å². The summed E-state index contributed by atoms with van der Waals surface area (Å²) in [5.41, 5.74) is 3.62. The van der Waals surface area contributed by atoms with Crippen molar-refractivity contribution in [1.29, 1.82) is 0 Å². The van der Waals surface area contributed by atoms with Crippen molar-refractivity contribution in [3.05, 3.63) is 47.3 Å². The SMILES string of the molecule is CC(C)(C)n1nnc(CCN2CCCC2c2ccc(/C=C/C(=O)NO)cc2)n1. The Morgan fingerprint density at radius 3 is 2.71 bits per heavy atom. The third kappa shape index (κ3) is 5.02. The van der Waals surface area contributed by atoms with Gasteiger partial charge in [0, 0.05) is 25.1 Å². The van der Waals surface area contributed by atoms with Gasteiger partial charge in [-0.25, -0.2) is 5.48 Å². The normalized spacial score (nSPS) is 18.1. The fourth-order valence-corrected chi connectivity index (χ4v) is 3.38. The van der Waals surface area contributed by atoms with Gasteiger partial charge in [0.1, 0.15) is 0 Å². The molecular formula is C20H28N6O2. The number of benzene rings is 1. The van der Waals surface area contributed by atoms with Gasteiger partial charge in [0.05, 0.1) is 5.54 Å². The molecule has 0 bridgehead atoms. The molecular weight excluding hydrogens is 356 g/mol. The Bertz CT molecular complexity index is 822. The van der Waals surface area contributed by atoms with Crippen LogP contribution in [0.25, 0.3) is 6.08 Å². The van der Waals surface area contributed by atoms with Crippen LogP contribution in [0.4, 0.5) is 0 Å². The van der Waals surface area contributed by atoms with Crippen LogP contribution in [-0.2, 0) is 16.8 Å². The number of hydrogen-bond acceptors (Lipinski definition) is 6. The van der Waals surface area contributed by atoms with Gasteiger partial charge >= 0.3 is 0 Å². The van der Waals surface area contributed by atoms with Gasteiger partial charge in [-0.1, -0.05) is 24.3 Å². The van der Waals surface area contributed by atoms with Crippen LogP contribution < -0.4 is 5.48 Å². The van der Waals surface area contributed by atoms with Crippen LogP contribution in [0.3, 0.4) is 0 Å². The maximum absolute atomic E-state index is 11.1. The summed E-state index contributed by atoms with van der Waals surface area (Å²) >= 11 is 0. The van der Waals surface area contributed by atoms with Crippen molar-refractivity contribution in [3.8, 4) is 0 Å². The number of tetrazole rings is 1. The van der Waals surface area contributed by atoms with Gasteiger partial charge in [-0.2, -0.15) is 4.80 Å². The van der Waals surface area contributed by atoms with Gasteiger partial charge in [0.15, 0.2) is 5.82 Å². The number of likely N-dealkylation sites (tertiary alicyclic amines) is 1. The number of rotatable bonds is 6. The van der Waals surface area contributed by atoms with Gasteiger partial charge < -0.3 is 0 Å². The fraction of sp³-hybridized carbons (Fsp3) is 0.500. The molecule has 1 amide bonds. The van der Waals surface area contributed by atoms with Crippen LogP contribution in [0.2, 0.25) is 0 Å². The molecule has 28 heavy (non-hydrogen) atoms. The third-order valence-corrected chi connectivity index (χ3v) is 4.90. The first-order valence-electron chi connectivity index (χ1n) is 9.62. The highest BCUT2D eigenvalue weighted by Gasteiger charge is 2.26. The second-order valence-electron chi connectivity index (χ2n) is 8.09. The number of hydroxylamine groups is 1. The average Bonchev–Trinajstić information content (AvgIpc) is 3.33. The minimum Gasteiger partial charge on any atom is -0.296 e. The molecule has 1 unspecified atom stereocenters. The van der Waals surface area contributed by atoms with Crippen molar-refractivity contribution in [3.63, 3.8) is 0 Å². The zero-order chi connectivity index (χ0) is 20.1. The molecule has 1 aromatic carbocycles. The Balaban J connectivity index is 1.60. The van der Waals surface area contributed by atoms with E-state index < -0.39 is 5.91 Å². The van der Waals surface area contributed by atoms with E-state index in [0.29, 0.717) is 6.04 Å². The zero-order valence-electron chi connectivity index (χ0n) is 16.7. The minimum absolute atomic E-state index is 0.157. The number of carbonyl (C=O) groups is 1. The van der Waals surface area contributed by atoms with Crippen LogP contribution >= 0.6 is 0 Å². The summed E-state index contributed by atoms with van der Waals surface area (Å²) in [5, 5.41) is 21.4. The largest absolute Gasteiger partial charge is 0.296 e. The lowest BCUT2D eigenvalue weighted by atomic mass is 10.0. The summed E-state index contributed by atoms with van der Waals surface area (Å²) in [6.07, 6.45) is 6.06. The van der Waals surface area contributed by atoms with E-state index in [-0.39, 0.29) is 5.54 Å². The van der Waals surface area contributed by atoms with E-state index in [1.807, 2.05) is 12.1 Å². The molecule has 0 aliphatic carbocycles. The molecule has 1 aliphatic heterocycles. The molecule has 0 spiro atoms. The standard InChI is InChI=1S/C20H28N6O2/c1-20(2,3)26-22-18(21-24-26)12-14-25-13-4-5-17(25)16-9-6-15(7-10-16)8-11-19(27)23-28/h6-11,17,28H,4-5,12-14H2,1-3H3,(H,23,27)/b11-8+. The van der Waals surface area contributed by atoms with Crippen molar-refractivity contribution >= 4 is 12.0 Å². The molecule has 2 N–H and O–H groups in total. The van der Waals surface area contributed by atoms with Crippen LogP contribution in [0.1, 0.15) is 56.6 Å². The van der Waals surface area contributed by atoms with E-state index in [0.717, 1.165) is 37.3 Å². The van der Waals surface area contributed by atoms with Crippen LogP contribution in [0, 0.1) is 0 Å². The number of aromatic nitrogens is 4. The highest BCUT2D eigenvalue weighted by atomic mass is 16.5. The lowest BCUT2D eigenvalue weighted by molar-refractivity contribution is -0.124. The van der Waals surface area contributed by atoms with E-state index >= 15 is 0 Å². The number of nitrogens with one attached hydrogen (secondary N) is 1. The van der Waals surface area contributed by atoms with Gasteiger partial charge in [-0.05, 0) is 62.6 Å². The van der Waals surface area contributed by atoms with Crippen LogP contribution in [0.5, 0.6) is 0 Å². The number of carbonyl (C=O) groups excluding carboxylic acids is 1. The molecule has 3 rings (SSSR count). The summed E-state index contributed by atoms with van der Waals surface area (Å²) in [7, 11) is 0. The molecule has 1 atom stereocenters. The smallest absolute Gasteiger partial charge is 0.267 e. The highest BCUT2D eigenvalue weighted by Crippen LogP contribution is 2.32. The molecule has 0 saturated carbocycles. The third-order valence-electron chi connectivity index (χ3n) is 4.90. The molecule has 1 fully saturated rings. The second kappa shape index (κ2) is 8.62. The van der Waals surface area contributed by atoms with Gasteiger partial charge in [-0.15, -0.1) is 10.2 Å². The highest BCUT2D eigenvalue weighted by molar-refractivity contribution is 5.90. The zero-order valence-corrected chi connectivity index (χ0v) is 16.7. The van der Waals surface area contributed by atoms with Crippen molar-refractivity contribution in [1.82, 2.24) is 30.6 Å². The van der Waals surface area contributed by atoms with Crippen LogP contribution in [0.15, 0.2) is 30.3 Å². The molecule has 150 valence electrons. The summed E-state index contributed by atoms with van der Waals surface area (Å²) in [4.78, 5) is 15.2. The van der Waals surface area contributed by atoms with Gasteiger partial charge in [0.25, 0.3) is 5.91 Å². The maximum atomic E-state index is 11.1. The Kier molecular flexibility index (Phi) is 6.21. The summed E-state index contributed by atoms with van der Waals surface area (Å²) in [5.74, 6) is 0.242. The van der Waals surface area contributed by atoms with Crippen molar-refractivity contribution in [2.75, 3.05) is 13.1 Å². The Morgan fingerprint density at radius 1 is 1.32 bits per heavy atom. The Hall–Kier alpha value is -2.58.